The summed E-state index contributed by atoms with van der Waals surface area (Å²) in [7, 11) is -3.25. The lowest BCUT2D eigenvalue weighted by molar-refractivity contribution is -0.131. The molecule has 0 aromatic heterocycles. The minimum absolute atomic E-state index is 0.167. The molecule has 2 fully saturated rings. The maximum atomic E-state index is 12.8. The second-order valence-electron chi connectivity index (χ2n) is 6.78. The van der Waals surface area contributed by atoms with Crippen LogP contribution in [0.1, 0.15) is 46.0 Å². The summed E-state index contributed by atoms with van der Waals surface area (Å²) >= 11 is 0. The molecule has 2 unspecified atom stereocenters. The van der Waals surface area contributed by atoms with Gasteiger partial charge in [-0.15, -0.1) is 0 Å². The van der Waals surface area contributed by atoms with E-state index < -0.39 is 15.1 Å². The standard InChI is InChI=1S/C15H28N2O3S/c1-12(2)10-17(11-13-6-5-8-16-13)15(18)14-7-3-4-9-21(14,19)20/h12-14,16H,3-11H2,1-2H3. The van der Waals surface area contributed by atoms with Crippen LogP contribution in [-0.4, -0.2) is 55.9 Å². The van der Waals surface area contributed by atoms with Crippen molar-refractivity contribution < 1.29 is 13.2 Å². The molecule has 1 amide bonds. The summed E-state index contributed by atoms with van der Waals surface area (Å²) in [6.45, 7) is 6.41. The average molecular weight is 316 g/mol. The Balaban J connectivity index is 2.08. The third kappa shape index (κ3) is 4.42. The fraction of sp³-hybridized carbons (Fsp3) is 0.933. The average Bonchev–Trinajstić information content (AvgIpc) is 2.89. The van der Waals surface area contributed by atoms with Gasteiger partial charge < -0.3 is 10.2 Å². The number of hydrogen-bond acceptors (Lipinski definition) is 4. The van der Waals surface area contributed by atoms with Crippen molar-refractivity contribution in [2.75, 3.05) is 25.4 Å². The van der Waals surface area contributed by atoms with Crippen LogP contribution in [0.25, 0.3) is 0 Å². The molecule has 0 bridgehead atoms. The molecule has 122 valence electrons. The summed E-state index contributed by atoms with van der Waals surface area (Å²) in [6.07, 6.45) is 4.23. The van der Waals surface area contributed by atoms with Gasteiger partial charge in [0, 0.05) is 19.1 Å². The van der Waals surface area contributed by atoms with E-state index in [0.717, 1.165) is 25.8 Å². The van der Waals surface area contributed by atoms with Gasteiger partial charge in [-0.3, -0.25) is 4.79 Å². The number of sulfone groups is 1. The van der Waals surface area contributed by atoms with Crippen LogP contribution in [-0.2, 0) is 14.6 Å². The van der Waals surface area contributed by atoms with Crippen LogP contribution in [0.15, 0.2) is 0 Å². The minimum Gasteiger partial charge on any atom is -0.340 e. The van der Waals surface area contributed by atoms with Gasteiger partial charge in [0.25, 0.3) is 0 Å². The van der Waals surface area contributed by atoms with Crippen molar-refractivity contribution in [2.45, 2.75) is 57.2 Å². The molecule has 2 heterocycles. The van der Waals surface area contributed by atoms with Crippen LogP contribution in [0, 0.1) is 5.92 Å². The van der Waals surface area contributed by atoms with E-state index in [1.165, 1.54) is 0 Å². The number of amides is 1. The van der Waals surface area contributed by atoms with Crippen molar-refractivity contribution in [3.8, 4) is 0 Å². The molecule has 1 N–H and O–H groups in total. The van der Waals surface area contributed by atoms with Gasteiger partial charge in [0.1, 0.15) is 5.25 Å². The number of hydrogen-bond donors (Lipinski definition) is 1. The molecule has 0 aromatic carbocycles. The van der Waals surface area contributed by atoms with E-state index in [4.69, 9.17) is 0 Å². The van der Waals surface area contributed by atoms with Crippen LogP contribution >= 0.6 is 0 Å². The van der Waals surface area contributed by atoms with Gasteiger partial charge in [0.2, 0.25) is 5.91 Å². The van der Waals surface area contributed by atoms with Crippen molar-refractivity contribution in [1.82, 2.24) is 10.2 Å². The maximum Gasteiger partial charge on any atom is 0.240 e. The van der Waals surface area contributed by atoms with Crippen LogP contribution in [0.2, 0.25) is 0 Å². The minimum atomic E-state index is -3.25. The fourth-order valence-electron chi connectivity index (χ4n) is 3.31. The summed E-state index contributed by atoms with van der Waals surface area (Å²) in [5.74, 6) is 0.347. The Labute approximate surface area is 128 Å². The zero-order valence-electron chi connectivity index (χ0n) is 13.2. The fourth-order valence-corrected chi connectivity index (χ4v) is 5.18. The molecule has 0 radical (unpaired) electrons. The third-order valence-corrected chi connectivity index (χ3v) is 6.52. The molecule has 0 aromatic rings. The zero-order valence-corrected chi connectivity index (χ0v) is 14.0. The number of rotatable bonds is 5. The normalized spacial score (nSPS) is 28.7. The molecule has 0 aliphatic carbocycles. The molecular weight excluding hydrogens is 288 g/mol. The summed E-state index contributed by atoms with van der Waals surface area (Å²) in [5, 5.41) is 2.60. The first kappa shape index (κ1) is 16.7. The molecule has 2 aliphatic rings. The van der Waals surface area contributed by atoms with Gasteiger partial charge in [-0.1, -0.05) is 20.3 Å². The van der Waals surface area contributed by atoms with E-state index in [2.05, 4.69) is 19.2 Å². The maximum absolute atomic E-state index is 12.8. The van der Waals surface area contributed by atoms with Gasteiger partial charge >= 0.3 is 0 Å². The first-order valence-corrected chi connectivity index (χ1v) is 9.85. The number of carbonyl (C=O) groups excluding carboxylic acids is 1. The van der Waals surface area contributed by atoms with Crippen molar-refractivity contribution >= 4 is 15.7 Å². The Kier molecular flexibility index (Phi) is 5.66. The predicted molar refractivity (Wildman–Crippen MR) is 83.9 cm³/mol. The molecule has 0 spiro atoms. The molecule has 2 saturated heterocycles. The van der Waals surface area contributed by atoms with E-state index in [1.807, 2.05) is 0 Å². The largest absolute Gasteiger partial charge is 0.340 e. The molecule has 0 saturated carbocycles. The lowest BCUT2D eigenvalue weighted by Gasteiger charge is -2.32. The Morgan fingerprint density at radius 3 is 2.57 bits per heavy atom. The topological polar surface area (TPSA) is 66.5 Å². The third-order valence-electron chi connectivity index (χ3n) is 4.35. The lowest BCUT2D eigenvalue weighted by atomic mass is 10.1. The van der Waals surface area contributed by atoms with Crippen molar-refractivity contribution in [3.63, 3.8) is 0 Å². The summed E-state index contributed by atoms with van der Waals surface area (Å²) in [4.78, 5) is 14.5. The highest BCUT2D eigenvalue weighted by Gasteiger charge is 2.38. The predicted octanol–water partition coefficient (Wildman–Crippen LogP) is 1.19. The highest BCUT2D eigenvalue weighted by atomic mass is 32.2. The van der Waals surface area contributed by atoms with Crippen LogP contribution < -0.4 is 5.32 Å². The van der Waals surface area contributed by atoms with Crippen molar-refractivity contribution in [3.05, 3.63) is 0 Å². The monoisotopic (exact) mass is 316 g/mol. The highest BCUT2D eigenvalue weighted by Crippen LogP contribution is 2.22. The van der Waals surface area contributed by atoms with Gasteiger partial charge in [-0.2, -0.15) is 0 Å². The quantitative estimate of drug-likeness (QED) is 0.827. The van der Waals surface area contributed by atoms with Crippen molar-refractivity contribution in [1.29, 1.82) is 0 Å². The smallest absolute Gasteiger partial charge is 0.240 e. The molecule has 2 atom stereocenters. The first-order valence-electron chi connectivity index (χ1n) is 8.14. The molecule has 2 rings (SSSR count). The Hall–Kier alpha value is -0.620. The zero-order chi connectivity index (χ0) is 15.5. The molecular formula is C15H28N2O3S. The van der Waals surface area contributed by atoms with E-state index in [0.29, 0.717) is 37.9 Å². The van der Waals surface area contributed by atoms with E-state index in [-0.39, 0.29) is 11.7 Å². The van der Waals surface area contributed by atoms with Gasteiger partial charge in [0.05, 0.1) is 5.75 Å². The van der Waals surface area contributed by atoms with Crippen LogP contribution in [0.3, 0.4) is 0 Å². The summed E-state index contributed by atoms with van der Waals surface area (Å²) < 4.78 is 24.4. The lowest BCUT2D eigenvalue weighted by Crippen LogP contribution is -2.50. The summed E-state index contributed by atoms with van der Waals surface area (Å²) in [5.41, 5.74) is 0. The second kappa shape index (κ2) is 7.09. The Bertz CT molecular complexity index is 456. The van der Waals surface area contributed by atoms with Gasteiger partial charge in [0.15, 0.2) is 9.84 Å². The first-order chi connectivity index (χ1) is 9.90. The van der Waals surface area contributed by atoms with Gasteiger partial charge in [-0.25, -0.2) is 8.42 Å². The van der Waals surface area contributed by atoms with Gasteiger partial charge in [-0.05, 0) is 38.1 Å². The van der Waals surface area contributed by atoms with E-state index in [9.17, 15) is 13.2 Å². The number of nitrogens with one attached hydrogen (secondary N) is 1. The number of carbonyl (C=O) groups is 1. The summed E-state index contributed by atoms with van der Waals surface area (Å²) in [6, 6.07) is 0.319. The van der Waals surface area contributed by atoms with E-state index >= 15 is 0 Å². The SMILES string of the molecule is CC(C)CN(CC1CCCN1)C(=O)C1CCCCS1(=O)=O. The van der Waals surface area contributed by atoms with Crippen LogP contribution in [0.4, 0.5) is 0 Å². The highest BCUT2D eigenvalue weighted by molar-refractivity contribution is 7.92. The molecule has 6 heteroatoms. The molecule has 5 nitrogen and oxygen atoms in total. The second-order valence-corrected chi connectivity index (χ2v) is 9.08. The Morgan fingerprint density at radius 1 is 1.24 bits per heavy atom. The molecule has 21 heavy (non-hydrogen) atoms. The van der Waals surface area contributed by atoms with Crippen LogP contribution in [0.5, 0.6) is 0 Å². The number of nitrogens with zero attached hydrogens (tertiary/aromatic N) is 1. The molecule has 2 aliphatic heterocycles. The van der Waals surface area contributed by atoms with Crippen molar-refractivity contribution in [2.24, 2.45) is 5.92 Å². The Morgan fingerprint density at radius 2 is 2.00 bits per heavy atom. The van der Waals surface area contributed by atoms with E-state index in [1.54, 1.807) is 4.90 Å².